The number of rotatable bonds is 16. The molecule has 6 rings (SSSR count). The molecule has 0 radical (unpaired) electrons. The van der Waals surface area contributed by atoms with Gasteiger partial charge in [-0.3, -0.25) is 9.52 Å². The molecule has 55 heavy (non-hydrogen) atoms. The molecule has 10 nitrogen and oxygen atoms in total. The van der Waals surface area contributed by atoms with Crippen LogP contribution in [0.4, 0.5) is 16.2 Å². The molecule has 1 aliphatic rings. The third-order valence-corrected chi connectivity index (χ3v) is 11.1. The highest BCUT2D eigenvalue weighted by molar-refractivity contribution is 7.91. The Labute approximate surface area is 323 Å². The molecule has 0 aromatic heterocycles. The van der Waals surface area contributed by atoms with Gasteiger partial charge in [-0.2, -0.15) is 0 Å². The minimum absolute atomic E-state index is 0.0219. The molecule has 4 N–H and O–H groups in total. The van der Waals surface area contributed by atoms with Gasteiger partial charge in [0.25, 0.3) is 0 Å². The van der Waals surface area contributed by atoms with Crippen LogP contribution in [0.25, 0.3) is 0 Å². The number of carbonyl (C=O) groups excluding carboxylic acids is 2. The summed E-state index contributed by atoms with van der Waals surface area (Å²) in [6, 6.07) is 42.8. The second kappa shape index (κ2) is 19.2. The Hall–Kier alpha value is -5.49. The van der Waals surface area contributed by atoms with E-state index >= 15 is 0 Å². The molecular weight excluding hydrogens is 713 g/mol. The molecule has 1 aliphatic heterocycles. The number of hydrogen-bond acceptors (Lipinski definition) is 7. The fourth-order valence-electron chi connectivity index (χ4n) is 6.98. The fourth-order valence-corrected chi connectivity index (χ4v) is 8.21. The molecule has 11 heteroatoms. The van der Waals surface area contributed by atoms with Crippen LogP contribution in [-0.2, 0) is 42.9 Å². The van der Waals surface area contributed by atoms with Crippen LogP contribution in [0.3, 0.4) is 0 Å². The van der Waals surface area contributed by atoms with E-state index in [-0.39, 0.29) is 23.8 Å². The lowest BCUT2D eigenvalue weighted by molar-refractivity contribution is -0.118. The van der Waals surface area contributed by atoms with Crippen molar-refractivity contribution in [3.05, 3.63) is 167 Å². The first kappa shape index (κ1) is 39.2. The first-order valence-electron chi connectivity index (χ1n) is 18.6. The van der Waals surface area contributed by atoms with Crippen LogP contribution in [0, 0.1) is 0 Å². The van der Waals surface area contributed by atoms with E-state index in [1.807, 2.05) is 121 Å². The van der Waals surface area contributed by atoms with E-state index in [4.69, 9.17) is 9.47 Å². The van der Waals surface area contributed by atoms with Crippen LogP contribution in [-0.4, -0.2) is 58.9 Å². The number of benzene rings is 5. The number of sulfonamides is 1. The predicted molar refractivity (Wildman–Crippen MR) is 216 cm³/mol. The number of carbonyl (C=O) groups is 2. The number of ether oxygens (including phenoxy) is 2. The third-order valence-electron chi connectivity index (χ3n) is 9.81. The highest BCUT2D eigenvalue weighted by atomic mass is 32.2. The van der Waals surface area contributed by atoms with Gasteiger partial charge >= 0.3 is 6.09 Å². The van der Waals surface area contributed by atoms with E-state index < -0.39 is 28.1 Å². The number of nitrogens with one attached hydrogen (secondary N) is 4. The second-order valence-corrected chi connectivity index (χ2v) is 15.4. The van der Waals surface area contributed by atoms with Crippen molar-refractivity contribution in [1.82, 2.24) is 10.6 Å². The second-order valence-electron chi connectivity index (χ2n) is 13.7. The van der Waals surface area contributed by atoms with E-state index in [2.05, 4.69) is 20.7 Å². The van der Waals surface area contributed by atoms with Crippen LogP contribution in [0.5, 0.6) is 0 Å². The van der Waals surface area contributed by atoms with Crippen molar-refractivity contribution in [2.45, 2.75) is 55.5 Å². The minimum atomic E-state index is -3.57. The molecule has 0 spiro atoms. The summed E-state index contributed by atoms with van der Waals surface area (Å²) >= 11 is 0. The average Bonchev–Trinajstić information content (AvgIpc) is 3.21. The molecule has 1 heterocycles. The maximum atomic E-state index is 14.1. The summed E-state index contributed by atoms with van der Waals surface area (Å²) in [5.41, 5.74) is 5.66. The summed E-state index contributed by atoms with van der Waals surface area (Å²) < 4.78 is 39.9. The smallest absolute Gasteiger partial charge is 0.407 e. The van der Waals surface area contributed by atoms with E-state index in [1.54, 1.807) is 18.2 Å². The number of hydrogen-bond donors (Lipinski definition) is 4. The first-order chi connectivity index (χ1) is 26.8. The van der Waals surface area contributed by atoms with Crippen molar-refractivity contribution in [2.75, 3.05) is 30.3 Å². The molecule has 0 aliphatic carbocycles. The van der Waals surface area contributed by atoms with Crippen LogP contribution in [0.15, 0.2) is 140 Å². The van der Waals surface area contributed by atoms with Gasteiger partial charge in [-0.25, -0.2) is 13.2 Å². The van der Waals surface area contributed by atoms with Crippen molar-refractivity contribution in [2.24, 2.45) is 0 Å². The maximum Gasteiger partial charge on any atom is 0.407 e. The molecule has 3 atom stereocenters. The summed E-state index contributed by atoms with van der Waals surface area (Å²) in [4.78, 5) is 26.7. The number of aryl methyl sites for hydroxylation is 2. The Morgan fingerprint density at radius 2 is 1.29 bits per heavy atom. The monoisotopic (exact) mass is 760 g/mol. The predicted octanol–water partition coefficient (Wildman–Crippen LogP) is 7.05. The van der Waals surface area contributed by atoms with E-state index in [0.717, 1.165) is 40.7 Å². The molecule has 2 amide bonds. The quantitative estimate of drug-likeness (QED) is 0.0848. The highest BCUT2D eigenvalue weighted by Crippen LogP contribution is 2.30. The van der Waals surface area contributed by atoms with Crippen molar-refractivity contribution in [3.8, 4) is 0 Å². The average molecular weight is 761 g/mol. The first-order valence-corrected chi connectivity index (χ1v) is 20.2. The Morgan fingerprint density at radius 1 is 0.745 bits per heavy atom. The van der Waals surface area contributed by atoms with Gasteiger partial charge < -0.3 is 25.4 Å². The summed E-state index contributed by atoms with van der Waals surface area (Å²) in [6.07, 6.45) is 2.15. The van der Waals surface area contributed by atoms with Gasteiger partial charge in [0.05, 0.1) is 31.3 Å². The van der Waals surface area contributed by atoms with Crippen LogP contribution in [0.2, 0.25) is 0 Å². The summed E-state index contributed by atoms with van der Waals surface area (Å²) in [5.74, 6) is -0.922. The largest absolute Gasteiger partial charge is 0.453 e. The van der Waals surface area contributed by atoms with E-state index in [9.17, 15) is 18.0 Å². The standard InChI is InChI=1S/C44H48N4O6S/c1-53-44(50)47-42(41(35-19-7-3-8-20-35)36-21-9-4-10-22-36)43(49)46-39-23-13-11-17-33(39)26-28-38-29-45-37(30-54-38)27-25-34-18-12-14-24-40(34)48-55(51,52)31-32-15-5-2-6-16-32/h2-24,37-38,41-42,45,48H,25-31H2,1H3,(H,46,49)(H,47,50)/t37-,38-,42+/m1/s1. The van der Waals surface area contributed by atoms with Gasteiger partial charge in [0.1, 0.15) is 6.04 Å². The lowest BCUT2D eigenvalue weighted by atomic mass is 9.84. The molecule has 0 saturated carbocycles. The maximum absolute atomic E-state index is 14.1. The topological polar surface area (TPSA) is 135 Å². The van der Waals surface area contributed by atoms with Crippen molar-refractivity contribution >= 4 is 33.4 Å². The zero-order valence-electron chi connectivity index (χ0n) is 30.9. The van der Waals surface area contributed by atoms with E-state index in [1.165, 1.54) is 7.11 Å². The van der Waals surface area contributed by atoms with Gasteiger partial charge in [-0.15, -0.1) is 0 Å². The summed E-state index contributed by atoms with van der Waals surface area (Å²) in [5, 5.41) is 9.53. The zero-order chi connectivity index (χ0) is 38.5. The Morgan fingerprint density at radius 3 is 1.89 bits per heavy atom. The molecule has 5 aromatic carbocycles. The number of amides is 2. The number of anilines is 2. The van der Waals surface area contributed by atoms with Gasteiger partial charge in [-0.05, 0) is 65.6 Å². The molecule has 1 fully saturated rings. The van der Waals surface area contributed by atoms with Gasteiger partial charge in [0, 0.05) is 24.2 Å². The zero-order valence-corrected chi connectivity index (χ0v) is 31.7. The fraction of sp³-hybridized carbons (Fsp3) is 0.273. The third kappa shape index (κ3) is 11.3. The minimum Gasteiger partial charge on any atom is -0.453 e. The van der Waals surface area contributed by atoms with Gasteiger partial charge in [-0.1, -0.05) is 127 Å². The molecule has 5 aromatic rings. The van der Waals surface area contributed by atoms with Gasteiger partial charge in [0.15, 0.2) is 0 Å². The molecule has 0 bridgehead atoms. The molecule has 0 unspecified atom stereocenters. The van der Waals surface area contributed by atoms with Crippen molar-refractivity contribution in [1.29, 1.82) is 0 Å². The summed E-state index contributed by atoms with van der Waals surface area (Å²) in [7, 11) is -2.29. The van der Waals surface area contributed by atoms with Crippen molar-refractivity contribution in [3.63, 3.8) is 0 Å². The van der Waals surface area contributed by atoms with Gasteiger partial charge in [0.2, 0.25) is 15.9 Å². The lowest BCUT2D eigenvalue weighted by Crippen LogP contribution is -2.48. The molecule has 1 saturated heterocycles. The van der Waals surface area contributed by atoms with Crippen LogP contribution >= 0.6 is 0 Å². The number of para-hydroxylation sites is 2. The number of alkyl carbamates (subject to hydrolysis) is 1. The summed E-state index contributed by atoms with van der Waals surface area (Å²) in [6.45, 7) is 1.21. The Balaban J connectivity index is 1.04. The van der Waals surface area contributed by atoms with E-state index in [0.29, 0.717) is 37.4 Å². The lowest BCUT2D eigenvalue weighted by Gasteiger charge is -2.31. The number of methoxy groups -OCH3 is 1. The highest BCUT2D eigenvalue weighted by Gasteiger charge is 2.33. The normalized spacial score (nSPS) is 16.2. The van der Waals surface area contributed by atoms with Crippen LogP contribution < -0.4 is 20.7 Å². The number of morpholine rings is 1. The van der Waals surface area contributed by atoms with Crippen LogP contribution in [0.1, 0.15) is 46.6 Å². The van der Waals surface area contributed by atoms with Crippen molar-refractivity contribution < 1.29 is 27.5 Å². The molecule has 286 valence electrons. The Bertz CT molecular complexity index is 2050. The Kier molecular flexibility index (Phi) is 13.7. The SMILES string of the molecule is COC(=O)N[C@H](C(=O)Nc1ccccc1CC[C@@H]1CN[C@H](CCc2ccccc2NS(=O)(=O)Cc2ccccc2)CO1)C(c1ccccc1)c1ccccc1. The molecular formula is C44H48N4O6S.